The Hall–Kier alpha value is -3.18. The monoisotopic (exact) mass is 414 g/mol. The lowest BCUT2D eigenvalue weighted by molar-refractivity contribution is -0.145. The van der Waals surface area contributed by atoms with E-state index in [2.05, 4.69) is 11.4 Å². The lowest BCUT2D eigenvalue weighted by Gasteiger charge is -2.23. The van der Waals surface area contributed by atoms with Gasteiger partial charge in [0.05, 0.1) is 30.8 Å². The quantitative estimate of drug-likeness (QED) is 0.671. The van der Waals surface area contributed by atoms with Crippen LogP contribution in [0.1, 0.15) is 30.7 Å². The zero-order valence-electron chi connectivity index (χ0n) is 18.0. The fourth-order valence-electron chi connectivity index (χ4n) is 3.34. The highest BCUT2D eigenvalue weighted by Crippen LogP contribution is 2.30. The number of rotatable bonds is 8. The lowest BCUT2D eigenvalue weighted by Crippen LogP contribution is -2.38. The first kappa shape index (κ1) is 23.1. The first-order valence-corrected chi connectivity index (χ1v) is 9.71. The van der Waals surface area contributed by atoms with Gasteiger partial charge >= 0.3 is 5.97 Å². The lowest BCUT2D eigenvalue weighted by atomic mass is 10.1. The maximum absolute atomic E-state index is 13.8. The Bertz CT molecular complexity index is 977. The van der Waals surface area contributed by atoms with Crippen molar-refractivity contribution in [3.63, 3.8) is 0 Å². The summed E-state index contributed by atoms with van der Waals surface area (Å²) in [6, 6.07) is 8.10. The normalized spacial score (nSPS) is 11.8. The molecule has 2 rings (SSSR count). The molecule has 1 amide bonds. The summed E-state index contributed by atoms with van der Waals surface area (Å²) in [7, 11) is 1.33. The van der Waals surface area contributed by atoms with Crippen molar-refractivity contribution in [1.29, 1.82) is 5.26 Å². The van der Waals surface area contributed by atoms with Crippen molar-refractivity contribution in [2.45, 2.75) is 27.7 Å². The molecule has 0 saturated carbocycles. The van der Waals surface area contributed by atoms with Crippen molar-refractivity contribution >= 4 is 17.7 Å². The van der Waals surface area contributed by atoms with Gasteiger partial charge in [-0.2, -0.15) is 5.26 Å². The second-order valence-electron chi connectivity index (χ2n) is 7.16. The largest absolute Gasteiger partial charge is 0.469 e. The Morgan fingerprint density at radius 3 is 2.63 bits per heavy atom. The van der Waals surface area contributed by atoms with Gasteiger partial charge in [-0.05, 0) is 44.2 Å². The van der Waals surface area contributed by atoms with E-state index in [4.69, 9.17) is 4.74 Å². The molecule has 1 heterocycles. The van der Waals surface area contributed by atoms with Crippen LogP contribution in [0.5, 0.6) is 0 Å². The molecule has 0 spiro atoms. The summed E-state index contributed by atoms with van der Waals surface area (Å²) in [4.78, 5) is 26.3. The van der Waals surface area contributed by atoms with Crippen molar-refractivity contribution < 1.29 is 18.7 Å². The molecule has 8 heteroatoms. The molecule has 0 aliphatic heterocycles. The molecule has 7 nitrogen and oxygen atoms in total. The number of methoxy groups -OCH3 is 1. The SMILES string of the molecule is CCN(CC(=O)Nc1c(C#N)c(C)c(C)n1-c1cccc(F)c1)CC(C)C(=O)OC. The third-order valence-corrected chi connectivity index (χ3v) is 5.10. The van der Waals surface area contributed by atoms with Gasteiger partial charge < -0.3 is 10.1 Å². The van der Waals surface area contributed by atoms with Crippen molar-refractivity contribution in [2.75, 3.05) is 32.1 Å². The molecule has 1 atom stereocenters. The Morgan fingerprint density at radius 1 is 1.37 bits per heavy atom. The molecule has 0 fully saturated rings. The van der Waals surface area contributed by atoms with E-state index >= 15 is 0 Å². The molecule has 30 heavy (non-hydrogen) atoms. The van der Waals surface area contributed by atoms with E-state index in [-0.39, 0.29) is 24.3 Å². The van der Waals surface area contributed by atoms with Gasteiger partial charge in [0.2, 0.25) is 5.91 Å². The number of hydrogen-bond acceptors (Lipinski definition) is 5. The Morgan fingerprint density at radius 2 is 2.07 bits per heavy atom. The molecule has 1 unspecified atom stereocenters. The van der Waals surface area contributed by atoms with Crippen molar-refractivity contribution in [1.82, 2.24) is 9.47 Å². The van der Waals surface area contributed by atoms with E-state index in [0.717, 1.165) is 5.69 Å². The van der Waals surface area contributed by atoms with Crippen LogP contribution in [0.25, 0.3) is 5.69 Å². The average molecular weight is 414 g/mol. The van der Waals surface area contributed by atoms with Gasteiger partial charge in [-0.3, -0.25) is 19.1 Å². The summed E-state index contributed by atoms with van der Waals surface area (Å²) < 4.78 is 20.2. The number of anilines is 1. The van der Waals surface area contributed by atoms with Crippen LogP contribution in [0.2, 0.25) is 0 Å². The standard InChI is InChI=1S/C22H27FN4O3/c1-6-26(12-14(2)22(29)30-5)13-20(28)25-21-19(11-24)15(3)16(4)27(21)18-9-7-8-17(23)10-18/h7-10,14H,6,12-13H2,1-5H3,(H,25,28). The number of aromatic nitrogens is 1. The van der Waals surface area contributed by atoms with Crippen LogP contribution in [0.3, 0.4) is 0 Å². The summed E-state index contributed by atoms with van der Waals surface area (Å²) >= 11 is 0. The minimum Gasteiger partial charge on any atom is -0.469 e. The third kappa shape index (κ3) is 5.05. The maximum atomic E-state index is 13.8. The third-order valence-electron chi connectivity index (χ3n) is 5.10. The smallest absolute Gasteiger partial charge is 0.309 e. The molecule has 2 aromatic rings. The van der Waals surface area contributed by atoms with E-state index in [0.29, 0.717) is 35.7 Å². The number of esters is 1. The molecule has 0 aliphatic carbocycles. The van der Waals surface area contributed by atoms with E-state index in [1.165, 1.54) is 19.2 Å². The molecule has 1 aromatic heterocycles. The number of carbonyl (C=O) groups excluding carboxylic acids is 2. The number of amides is 1. The van der Waals surface area contributed by atoms with Crippen LogP contribution in [0.15, 0.2) is 24.3 Å². The van der Waals surface area contributed by atoms with Crippen molar-refractivity contribution in [2.24, 2.45) is 5.92 Å². The minimum atomic E-state index is -0.414. The zero-order chi connectivity index (χ0) is 22.4. The van der Waals surface area contributed by atoms with Crippen molar-refractivity contribution in [3.8, 4) is 11.8 Å². The Balaban J connectivity index is 2.31. The number of hydrogen-bond donors (Lipinski definition) is 1. The number of ether oxygens (including phenoxy) is 1. The fourth-order valence-corrected chi connectivity index (χ4v) is 3.34. The number of nitrogens with zero attached hydrogens (tertiary/aromatic N) is 3. The van der Waals surface area contributed by atoms with Crippen LogP contribution < -0.4 is 5.32 Å². The number of likely N-dealkylation sites (N-methyl/N-ethyl adjacent to an activating group) is 1. The van der Waals surface area contributed by atoms with Crippen LogP contribution in [-0.4, -0.2) is 48.1 Å². The van der Waals surface area contributed by atoms with E-state index in [1.54, 1.807) is 30.5 Å². The Kier molecular flexibility index (Phi) is 7.72. The molecule has 1 aromatic carbocycles. The minimum absolute atomic E-state index is 0.0368. The fraction of sp³-hybridized carbons (Fsp3) is 0.409. The van der Waals surface area contributed by atoms with Gasteiger partial charge in [0, 0.05) is 12.2 Å². The van der Waals surface area contributed by atoms with Gasteiger partial charge in [0.25, 0.3) is 0 Å². The molecule has 0 bridgehead atoms. The van der Waals surface area contributed by atoms with Gasteiger partial charge in [-0.25, -0.2) is 4.39 Å². The molecule has 0 aliphatic rings. The number of halogens is 1. The molecule has 160 valence electrons. The summed E-state index contributed by atoms with van der Waals surface area (Å²) in [6.45, 7) is 8.19. The first-order chi connectivity index (χ1) is 14.2. The highest BCUT2D eigenvalue weighted by atomic mass is 19.1. The number of benzene rings is 1. The van der Waals surface area contributed by atoms with Crippen LogP contribution >= 0.6 is 0 Å². The summed E-state index contributed by atoms with van der Waals surface area (Å²) in [6.07, 6.45) is 0. The topological polar surface area (TPSA) is 87.4 Å². The predicted octanol–water partition coefficient (Wildman–Crippen LogP) is 3.17. The summed E-state index contributed by atoms with van der Waals surface area (Å²) in [5.41, 5.74) is 2.29. The molecule has 0 saturated heterocycles. The highest BCUT2D eigenvalue weighted by Gasteiger charge is 2.23. The van der Waals surface area contributed by atoms with Gasteiger partial charge in [0.15, 0.2) is 0 Å². The van der Waals surface area contributed by atoms with E-state index in [9.17, 15) is 19.2 Å². The average Bonchev–Trinajstić information content (AvgIpc) is 2.95. The first-order valence-electron chi connectivity index (χ1n) is 9.71. The number of carbonyl (C=O) groups is 2. The molecular formula is C22H27FN4O3. The highest BCUT2D eigenvalue weighted by molar-refractivity contribution is 5.93. The second kappa shape index (κ2) is 10.0. The second-order valence-corrected chi connectivity index (χ2v) is 7.16. The van der Waals surface area contributed by atoms with Crippen LogP contribution in [0.4, 0.5) is 10.2 Å². The number of nitrogens with one attached hydrogen (secondary N) is 1. The summed E-state index contributed by atoms with van der Waals surface area (Å²) in [5.74, 6) is -1.16. The zero-order valence-corrected chi connectivity index (χ0v) is 18.0. The van der Waals surface area contributed by atoms with Crippen molar-refractivity contribution in [3.05, 3.63) is 46.9 Å². The molecule has 0 radical (unpaired) electrons. The molecular weight excluding hydrogens is 387 g/mol. The van der Waals surface area contributed by atoms with Gasteiger partial charge in [0.1, 0.15) is 17.7 Å². The Labute approximate surface area is 176 Å². The van der Waals surface area contributed by atoms with Crippen LogP contribution in [0, 0.1) is 36.9 Å². The predicted molar refractivity (Wildman–Crippen MR) is 112 cm³/mol. The van der Waals surface area contributed by atoms with Crippen LogP contribution in [-0.2, 0) is 14.3 Å². The van der Waals surface area contributed by atoms with E-state index < -0.39 is 5.82 Å². The molecule has 1 N–H and O–H groups in total. The summed E-state index contributed by atoms with van der Waals surface area (Å²) in [5, 5.41) is 12.4. The number of nitriles is 1. The maximum Gasteiger partial charge on any atom is 0.309 e. The van der Waals surface area contributed by atoms with Gasteiger partial charge in [-0.1, -0.05) is 19.9 Å². The van der Waals surface area contributed by atoms with Gasteiger partial charge in [-0.15, -0.1) is 0 Å². The van der Waals surface area contributed by atoms with E-state index in [1.807, 2.05) is 18.7 Å².